The summed E-state index contributed by atoms with van der Waals surface area (Å²) in [5.41, 5.74) is -0.559. The van der Waals surface area contributed by atoms with Crippen LogP contribution in [0.5, 0.6) is 5.75 Å². The van der Waals surface area contributed by atoms with E-state index in [0.29, 0.717) is 0 Å². The van der Waals surface area contributed by atoms with Crippen LogP contribution in [0.15, 0.2) is 18.2 Å². The van der Waals surface area contributed by atoms with Crippen LogP contribution < -0.4 is 10.1 Å². The lowest BCUT2D eigenvalue weighted by Crippen LogP contribution is -2.25. The first kappa shape index (κ1) is 13.4. The molecule has 2 N–H and O–H groups in total. The zero-order chi connectivity index (χ0) is 13.7. The Bertz CT molecular complexity index is 499. The molecular weight excluding hydrogens is 244 g/mol. The quantitative estimate of drug-likeness (QED) is 0.580. The number of carbonyl (C=O) groups is 2. The second-order valence-electron chi connectivity index (χ2n) is 3.21. The Morgan fingerprint density at radius 3 is 2.67 bits per heavy atom. The molecule has 8 nitrogen and oxygen atoms in total. The van der Waals surface area contributed by atoms with Gasteiger partial charge in [-0.2, -0.15) is 0 Å². The first-order valence-corrected chi connectivity index (χ1v) is 4.80. The predicted molar refractivity (Wildman–Crippen MR) is 59.6 cm³/mol. The molecule has 0 fully saturated rings. The maximum Gasteiger partial charge on any atom is 0.335 e. The van der Waals surface area contributed by atoms with Crippen molar-refractivity contribution in [3.8, 4) is 5.75 Å². The van der Waals surface area contributed by atoms with Gasteiger partial charge in [0, 0.05) is 19.2 Å². The fraction of sp³-hybridized carbons (Fsp3) is 0.200. The molecule has 0 unspecified atom stereocenters. The fourth-order valence-corrected chi connectivity index (χ4v) is 1.13. The van der Waals surface area contributed by atoms with Crippen LogP contribution in [0.25, 0.3) is 0 Å². The third kappa shape index (κ3) is 3.17. The molecule has 0 radical (unpaired) electrons. The van der Waals surface area contributed by atoms with Crippen LogP contribution in [0, 0.1) is 10.1 Å². The smallest absolute Gasteiger partial charge is 0.335 e. The first-order valence-electron chi connectivity index (χ1n) is 4.80. The molecule has 1 aromatic rings. The zero-order valence-electron chi connectivity index (χ0n) is 9.37. The maximum absolute atomic E-state index is 11.0. The lowest BCUT2D eigenvalue weighted by molar-refractivity contribution is -0.385. The predicted octanol–water partition coefficient (Wildman–Crippen LogP) is 0.418. The summed E-state index contributed by atoms with van der Waals surface area (Å²) in [6.07, 6.45) is 0. The van der Waals surface area contributed by atoms with Crippen molar-refractivity contribution in [3.05, 3.63) is 33.9 Å². The van der Waals surface area contributed by atoms with Gasteiger partial charge in [0.25, 0.3) is 5.91 Å². The number of benzene rings is 1. The number of nitro benzene ring substituents is 1. The lowest BCUT2D eigenvalue weighted by Gasteiger charge is -2.06. The summed E-state index contributed by atoms with van der Waals surface area (Å²) < 4.78 is 4.92. The van der Waals surface area contributed by atoms with Crippen molar-refractivity contribution in [2.75, 3.05) is 13.7 Å². The monoisotopic (exact) mass is 254 g/mol. The molecule has 1 aromatic carbocycles. The van der Waals surface area contributed by atoms with Crippen LogP contribution >= 0.6 is 0 Å². The highest BCUT2D eigenvalue weighted by Gasteiger charge is 2.18. The minimum atomic E-state index is -1.24. The Labute approximate surface area is 101 Å². The molecule has 0 spiro atoms. The van der Waals surface area contributed by atoms with Gasteiger partial charge in [-0.25, -0.2) is 4.79 Å². The maximum atomic E-state index is 11.0. The van der Waals surface area contributed by atoms with Gasteiger partial charge in [-0.1, -0.05) is 0 Å². The van der Waals surface area contributed by atoms with Crippen LogP contribution in [0.3, 0.4) is 0 Å². The Morgan fingerprint density at radius 2 is 2.17 bits per heavy atom. The van der Waals surface area contributed by atoms with Crippen molar-refractivity contribution in [2.45, 2.75) is 0 Å². The number of nitrogens with zero attached hydrogens (tertiary/aromatic N) is 1. The normalized spacial score (nSPS) is 9.61. The highest BCUT2D eigenvalue weighted by atomic mass is 16.6. The van der Waals surface area contributed by atoms with Crippen molar-refractivity contribution < 1.29 is 24.4 Å². The number of aromatic carboxylic acids is 1. The van der Waals surface area contributed by atoms with E-state index in [4.69, 9.17) is 9.84 Å². The molecule has 0 aromatic heterocycles. The average molecular weight is 254 g/mol. The lowest BCUT2D eigenvalue weighted by atomic mass is 10.2. The number of nitrogens with one attached hydrogen (secondary N) is 1. The molecule has 8 heteroatoms. The first-order chi connectivity index (χ1) is 8.45. The third-order valence-electron chi connectivity index (χ3n) is 2.04. The van der Waals surface area contributed by atoms with Gasteiger partial charge in [-0.05, 0) is 6.07 Å². The molecule has 96 valence electrons. The Hall–Kier alpha value is -2.64. The van der Waals surface area contributed by atoms with Gasteiger partial charge in [0.1, 0.15) is 0 Å². The van der Waals surface area contributed by atoms with Gasteiger partial charge in [0.05, 0.1) is 10.5 Å². The standard InChI is InChI=1S/C10H10N2O6/c1-11-9(13)5-18-8-4-6(10(14)15)2-3-7(8)12(16)17/h2-4H,5H2,1H3,(H,11,13)(H,14,15). The molecule has 0 heterocycles. The van der Waals surface area contributed by atoms with E-state index in [9.17, 15) is 19.7 Å². The minimum absolute atomic E-state index is 0.160. The van der Waals surface area contributed by atoms with Crippen LogP contribution in [-0.2, 0) is 4.79 Å². The SMILES string of the molecule is CNC(=O)COc1cc(C(=O)O)ccc1[N+](=O)[O-]. The summed E-state index contributed by atoms with van der Waals surface area (Å²) in [5.74, 6) is -1.98. The van der Waals surface area contributed by atoms with E-state index < -0.39 is 29.1 Å². The Kier molecular flexibility index (Phi) is 4.19. The number of carboxylic acid groups (broad SMARTS) is 1. The molecule has 0 aliphatic heterocycles. The number of hydrogen-bond donors (Lipinski definition) is 2. The van der Waals surface area contributed by atoms with Crippen molar-refractivity contribution in [3.63, 3.8) is 0 Å². The number of carbonyl (C=O) groups excluding carboxylic acids is 1. The summed E-state index contributed by atoms with van der Waals surface area (Å²) in [6, 6.07) is 3.11. The Morgan fingerprint density at radius 1 is 1.50 bits per heavy atom. The average Bonchev–Trinajstić information content (AvgIpc) is 2.35. The van der Waals surface area contributed by atoms with Gasteiger partial charge < -0.3 is 15.2 Å². The molecule has 0 atom stereocenters. The van der Waals surface area contributed by atoms with Gasteiger partial charge in [0.2, 0.25) is 0 Å². The number of hydrogen-bond acceptors (Lipinski definition) is 5. The summed E-state index contributed by atoms with van der Waals surface area (Å²) in [5, 5.41) is 21.7. The van der Waals surface area contributed by atoms with E-state index in [-0.39, 0.29) is 11.3 Å². The van der Waals surface area contributed by atoms with Gasteiger partial charge in [-0.3, -0.25) is 14.9 Å². The summed E-state index contributed by atoms with van der Waals surface area (Å²) in [6.45, 7) is -0.430. The van der Waals surface area contributed by atoms with Gasteiger partial charge in [-0.15, -0.1) is 0 Å². The second kappa shape index (κ2) is 5.62. The van der Waals surface area contributed by atoms with Crippen molar-refractivity contribution in [1.82, 2.24) is 5.32 Å². The van der Waals surface area contributed by atoms with Gasteiger partial charge in [0.15, 0.2) is 12.4 Å². The zero-order valence-corrected chi connectivity index (χ0v) is 9.37. The number of rotatable bonds is 5. The van der Waals surface area contributed by atoms with Crippen molar-refractivity contribution in [1.29, 1.82) is 0 Å². The number of carboxylic acids is 1. The number of nitro groups is 1. The molecule has 0 aliphatic carbocycles. The van der Waals surface area contributed by atoms with Crippen LogP contribution in [0.1, 0.15) is 10.4 Å². The molecule has 0 saturated heterocycles. The van der Waals surface area contributed by atoms with E-state index in [1.807, 2.05) is 0 Å². The molecule has 1 amide bonds. The number of ether oxygens (including phenoxy) is 1. The molecule has 18 heavy (non-hydrogen) atoms. The minimum Gasteiger partial charge on any atom is -0.478 e. The molecule has 0 aliphatic rings. The van der Waals surface area contributed by atoms with Crippen LogP contribution in [0.4, 0.5) is 5.69 Å². The molecular formula is C10H10N2O6. The van der Waals surface area contributed by atoms with Crippen molar-refractivity contribution >= 4 is 17.6 Å². The van der Waals surface area contributed by atoms with E-state index in [1.54, 1.807) is 0 Å². The van der Waals surface area contributed by atoms with Gasteiger partial charge >= 0.3 is 11.7 Å². The summed E-state index contributed by atoms with van der Waals surface area (Å²) >= 11 is 0. The van der Waals surface area contributed by atoms with E-state index >= 15 is 0 Å². The third-order valence-corrected chi connectivity index (χ3v) is 2.04. The fourth-order valence-electron chi connectivity index (χ4n) is 1.13. The van der Waals surface area contributed by atoms with E-state index in [1.165, 1.54) is 7.05 Å². The number of likely N-dealkylation sites (N-methyl/N-ethyl adjacent to an activating group) is 1. The highest BCUT2D eigenvalue weighted by Crippen LogP contribution is 2.27. The Balaban J connectivity index is 3.03. The molecule has 0 saturated carbocycles. The van der Waals surface area contributed by atoms with Crippen LogP contribution in [0.2, 0.25) is 0 Å². The number of amides is 1. The van der Waals surface area contributed by atoms with Crippen molar-refractivity contribution in [2.24, 2.45) is 0 Å². The highest BCUT2D eigenvalue weighted by molar-refractivity contribution is 5.88. The molecule has 1 rings (SSSR count). The summed E-state index contributed by atoms with van der Waals surface area (Å²) in [7, 11) is 1.38. The molecule has 0 bridgehead atoms. The topological polar surface area (TPSA) is 119 Å². The largest absolute Gasteiger partial charge is 0.478 e. The van der Waals surface area contributed by atoms with Crippen LogP contribution in [-0.4, -0.2) is 35.6 Å². The second-order valence-corrected chi connectivity index (χ2v) is 3.21. The van der Waals surface area contributed by atoms with E-state index in [0.717, 1.165) is 18.2 Å². The van der Waals surface area contributed by atoms with E-state index in [2.05, 4.69) is 5.32 Å². The summed E-state index contributed by atoms with van der Waals surface area (Å²) in [4.78, 5) is 31.7.